The number of alkyl halides is 3. The fourth-order valence-corrected chi connectivity index (χ4v) is 1.61. The molecule has 1 aromatic carbocycles. The summed E-state index contributed by atoms with van der Waals surface area (Å²) in [6.45, 7) is -0.891. The van der Waals surface area contributed by atoms with Crippen LogP contribution in [0.5, 0.6) is 0 Å². The average Bonchev–Trinajstić information content (AvgIpc) is 2.78. The normalized spacial score (nSPS) is 13.4. The molecule has 1 atom stereocenters. The number of aliphatic hydroxyl groups is 1. The molecule has 5 nitrogen and oxygen atoms in total. The van der Waals surface area contributed by atoms with Gasteiger partial charge in [-0.25, -0.2) is 0 Å². The van der Waals surface area contributed by atoms with Crippen LogP contribution >= 0.6 is 0 Å². The summed E-state index contributed by atoms with van der Waals surface area (Å²) in [5, 5.41) is 15.1. The van der Waals surface area contributed by atoms with Gasteiger partial charge in [0.25, 0.3) is 0 Å². The minimum atomic E-state index is -4.76. The van der Waals surface area contributed by atoms with E-state index in [4.69, 9.17) is 9.63 Å². The van der Waals surface area contributed by atoms with Gasteiger partial charge in [-0.1, -0.05) is 17.3 Å². The molecule has 0 aliphatic rings. The third kappa shape index (κ3) is 3.27. The van der Waals surface area contributed by atoms with Gasteiger partial charge in [0.15, 0.2) is 11.7 Å². The number of aliphatic hydroxyl groups excluding tert-OH is 1. The number of aromatic nitrogens is 1. The van der Waals surface area contributed by atoms with Crippen LogP contribution in [0.4, 0.5) is 13.2 Å². The number of carbonyl (C=O) groups is 1. The maximum Gasteiger partial charge on any atom is 0.416 e. The maximum absolute atomic E-state index is 12.1. The molecule has 0 aliphatic carbocycles. The lowest BCUT2D eigenvalue weighted by Crippen LogP contribution is -2.41. The molecule has 20 heavy (non-hydrogen) atoms. The summed E-state index contributed by atoms with van der Waals surface area (Å²) in [6.07, 6.45) is -7.56. The highest BCUT2D eigenvalue weighted by molar-refractivity contribution is 5.86. The lowest BCUT2D eigenvalue weighted by Gasteiger charge is -2.14. The quantitative estimate of drug-likeness (QED) is 0.892. The first-order valence-electron chi connectivity index (χ1n) is 5.72. The van der Waals surface area contributed by atoms with Crippen LogP contribution in [0.3, 0.4) is 0 Å². The number of benzene rings is 1. The van der Waals surface area contributed by atoms with Crippen LogP contribution in [0, 0.1) is 0 Å². The fraction of sp³-hybridized carbons (Fsp3) is 0.333. The third-order valence-electron chi connectivity index (χ3n) is 2.65. The lowest BCUT2D eigenvalue weighted by atomic mass is 10.1. The van der Waals surface area contributed by atoms with Crippen LogP contribution in [0.1, 0.15) is 5.69 Å². The van der Waals surface area contributed by atoms with Gasteiger partial charge in [0.1, 0.15) is 5.69 Å². The summed E-state index contributed by atoms with van der Waals surface area (Å²) in [5.41, 5.74) is 0.824. The van der Waals surface area contributed by atoms with Crippen LogP contribution in [0.15, 0.2) is 28.8 Å². The van der Waals surface area contributed by atoms with Crippen molar-refractivity contribution >= 4 is 16.9 Å². The number of fused-ring (bicyclic) bond motifs is 1. The Balaban J connectivity index is 1.95. The van der Waals surface area contributed by atoms with Crippen molar-refractivity contribution in [2.24, 2.45) is 0 Å². The number of carbonyl (C=O) groups excluding carboxylic acids is 1. The van der Waals surface area contributed by atoms with Gasteiger partial charge in [0, 0.05) is 5.39 Å². The smallest absolute Gasteiger partial charge is 0.382 e. The molecule has 8 heteroatoms. The van der Waals surface area contributed by atoms with Crippen molar-refractivity contribution in [3.8, 4) is 0 Å². The van der Waals surface area contributed by atoms with E-state index < -0.39 is 24.7 Å². The Bertz CT molecular complexity index is 609. The molecule has 2 N–H and O–H groups in total. The zero-order valence-corrected chi connectivity index (χ0v) is 10.1. The predicted molar refractivity (Wildman–Crippen MR) is 62.8 cm³/mol. The number of halogens is 3. The van der Waals surface area contributed by atoms with Crippen molar-refractivity contribution in [2.75, 3.05) is 6.54 Å². The molecular weight excluding hydrogens is 277 g/mol. The van der Waals surface area contributed by atoms with E-state index in [1.54, 1.807) is 24.3 Å². The number of para-hydroxylation sites is 1. The zero-order chi connectivity index (χ0) is 14.8. The van der Waals surface area contributed by atoms with Crippen LogP contribution in [-0.4, -0.2) is 35.0 Å². The minimum absolute atomic E-state index is 0.221. The van der Waals surface area contributed by atoms with Crippen molar-refractivity contribution in [3.63, 3.8) is 0 Å². The second-order valence-corrected chi connectivity index (χ2v) is 4.16. The van der Waals surface area contributed by atoms with Gasteiger partial charge in [-0.3, -0.25) is 4.79 Å². The van der Waals surface area contributed by atoms with Crippen molar-refractivity contribution in [1.82, 2.24) is 10.5 Å². The second kappa shape index (κ2) is 5.49. The molecule has 0 aliphatic heterocycles. The molecule has 0 radical (unpaired) electrons. The summed E-state index contributed by atoms with van der Waals surface area (Å²) < 4.78 is 41.1. The van der Waals surface area contributed by atoms with Crippen molar-refractivity contribution in [1.29, 1.82) is 0 Å². The molecule has 1 aromatic heterocycles. The van der Waals surface area contributed by atoms with Crippen LogP contribution in [0.25, 0.3) is 11.0 Å². The van der Waals surface area contributed by atoms with E-state index in [1.807, 2.05) is 5.32 Å². The first kappa shape index (κ1) is 14.3. The molecular formula is C12H11F3N2O3. The Morgan fingerprint density at radius 2 is 2.10 bits per heavy atom. The molecule has 0 fully saturated rings. The second-order valence-electron chi connectivity index (χ2n) is 4.16. The first-order valence-corrected chi connectivity index (χ1v) is 5.72. The highest BCUT2D eigenvalue weighted by Gasteiger charge is 2.38. The highest BCUT2D eigenvalue weighted by Crippen LogP contribution is 2.20. The van der Waals surface area contributed by atoms with Gasteiger partial charge in [-0.2, -0.15) is 13.2 Å². The van der Waals surface area contributed by atoms with Gasteiger partial charge < -0.3 is 14.9 Å². The number of hydrogen-bond donors (Lipinski definition) is 2. The van der Waals surface area contributed by atoms with Gasteiger partial charge in [0.05, 0.1) is 13.0 Å². The topological polar surface area (TPSA) is 75.4 Å². The highest BCUT2D eigenvalue weighted by atomic mass is 19.4. The van der Waals surface area contributed by atoms with Crippen molar-refractivity contribution in [3.05, 3.63) is 30.0 Å². The van der Waals surface area contributed by atoms with E-state index in [0.717, 1.165) is 0 Å². The number of nitrogens with zero attached hydrogens (tertiary/aromatic N) is 1. The Kier molecular flexibility index (Phi) is 3.93. The summed E-state index contributed by atoms with van der Waals surface area (Å²) >= 11 is 0. The molecule has 0 saturated heterocycles. The molecule has 0 spiro atoms. The first-order chi connectivity index (χ1) is 9.38. The van der Waals surface area contributed by atoms with Gasteiger partial charge in [-0.15, -0.1) is 0 Å². The number of rotatable bonds is 4. The summed E-state index contributed by atoms with van der Waals surface area (Å²) in [7, 11) is 0. The monoisotopic (exact) mass is 288 g/mol. The molecule has 1 unspecified atom stereocenters. The summed E-state index contributed by atoms with van der Waals surface area (Å²) in [4.78, 5) is 11.5. The summed E-state index contributed by atoms with van der Waals surface area (Å²) in [5.74, 6) is -0.674. The van der Waals surface area contributed by atoms with Gasteiger partial charge in [0.2, 0.25) is 5.91 Å². The lowest BCUT2D eigenvalue weighted by molar-refractivity contribution is -0.201. The number of nitrogens with one attached hydrogen (secondary N) is 1. The summed E-state index contributed by atoms with van der Waals surface area (Å²) in [6, 6.07) is 6.82. The van der Waals surface area contributed by atoms with Gasteiger partial charge >= 0.3 is 6.18 Å². The standard InChI is InChI=1S/C12H11F3N2O3/c13-12(14,15)10(18)6-16-11(19)5-8-7-3-1-2-4-9(7)20-17-8/h1-4,10,18H,5-6H2,(H,16,19). The Hall–Kier alpha value is -2.09. The molecule has 108 valence electrons. The van der Waals surface area contributed by atoms with E-state index in [9.17, 15) is 18.0 Å². The Morgan fingerprint density at radius 1 is 1.40 bits per heavy atom. The fourth-order valence-electron chi connectivity index (χ4n) is 1.61. The van der Waals surface area contributed by atoms with Crippen molar-refractivity contribution in [2.45, 2.75) is 18.7 Å². The zero-order valence-electron chi connectivity index (χ0n) is 10.1. The number of hydrogen-bond acceptors (Lipinski definition) is 4. The largest absolute Gasteiger partial charge is 0.416 e. The average molecular weight is 288 g/mol. The molecule has 1 amide bonds. The molecule has 1 heterocycles. The van der Waals surface area contributed by atoms with E-state index in [1.165, 1.54) is 0 Å². The Labute approximate surface area is 111 Å². The molecule has 2 rings (SSSR count). The molecule has 2 aromatic rings. The van der Waals surface area contributed by atoms with E-state index in [2.05, 4.69) is 5.16 Å². The minimum Gasteiger partial charge on any atom is -0.382 e. The van der Waals surface area contributed by atoms with Crippen LogP contribution < -0.4 is 5.32 Å². The SMILES string of the molecule is O=C(Cc1noc2ccccc12)NCC(O)C(F)(F)F. The molecule has 0 bridgehead atoms. The van der Waals surface area contributed by atoms with E-state index >= 15 is 0 Å². The van der Waals surface area contributed by atoms with Gasteiger partial charge in [-0.05, 0) is 12.1 Å². The Morgan fingerprint density at radius 3 is 2.80 bits per heavy atom. The third-order valence-corrected chi connectivity index (χ3v) is 2.65. The number of amides is 1. The maximum atomic E-state index is 12.1. The molecule has 0 saturated carbocycles. The van der Waals surface area contributed by atoms with E-state index in [0.29, 0.717) is 16.7 Å². The van der Waals surface area contributed by atoms with Crippen LogP contribution in [-0.2, 0) is 11.2 Å². The van der Waals surface area contributed by atoms with Crippen LogP contribution in [0.2, 0.25) is 0 Å². The predicted octanol–water partition coefficient (Wildman–Crippen LogP) is 1.41. The van der Waals surface area contributed by atoms with Crippen molar-refractivity contribution < 1.29 is 27.6 Å². The van der Waals surface area contributed by atoms with E-state index in [-0.39, 0.29) is 6.42 Å².